The molecule has 0 radical (unpaired) electrons. The lowest BCUT2D eigenvalue weighted by Gasteiger charge is -2.54. The first-order valence-corrected chi connectivity index (χ1v) is 40.8. The summed E-state index contributed by atoms with van der Waals surface area (Å²) in [6.07, 6.45) is -32.8. The minimum atomic E-state index is -2.98. The molecule has 0 spiro atoms. The number of ether oxygens (including phenoxy) is 8. The summed E-state index contributed by atoms with van der Waals surface area (Å²) in [5.41, 5.74) is 5.09. The fourth-order valence-corrected chi connectivity index (χ4v) is 21.0. The Balaban J connectivity index is 0.930. The Morgan fingerprint density at radius 1 is 0.183 bits per heavy atom. The molecule has 640 valence electrons. The Hall–Kier alpha value is -10.3. The maximum atomic E-state index is 18.0. The maximum absolute atomic E-state index is 18.0. The highest BCUT2D eigenvalue weighted by atomic mass is 19.2. The third-order valence-corrected chi connectivity index (χ3v) is 26.2. The van der Waals surface area contributed by atoms with Crippen LogP contribution in [-0.4, -0.2) is 204 Å². The van der Waals surface area contributed by atoms with Gasteiger partial charge in [-0.25, -0.2) is 35.1 Å². The van der Waals surface area contributed by atoms with E-state index in [2.05, 4.69) is 85.1 Å². The van der Waals surface area contributed by atoms with E-state index in [1.807, 2.05) is 194 Å². The first-order valence-electron chi connectivity index (χ1n) is 40.8. The van der Waals surface area contributed by atoms with E-state index in [9.17, 15) is 0 Å². The monoisotopic (exact) mass is 1660 g/mol. The molecule has 8 aromatic rings. The van der Waals surface area contributed by atoms with Crippen LogP contribution in [0.3, 0.4) is 0 Å². The summed E-state index contributed by atoms with van der Waals surface area (Å²) in [6, 6.07) is 53.9. The van der Waals surface area contributed by atoms with Crippen LogP contribution in [0, 0.1) is 47.3 Å². The van der Waals surface area contributed by atoms with Gasteiger partial charge >= 0.3 is 0 Å². The van der Waals surface area contributed by atoms with Crippen LogP contribution in [0.4, 0.5) is 80.6 Å². The molecule has 0 aromatic heterocycles. The van der Waals surface area contributed by atoms with Gasteiger partial charge in [0.2, 0.25) is 0 Å². The average Bonchev–Trinajstić information content (AvgIpc) is 1.56. The largest absolute Gasteiger partial charge is 0.497 e. The molecule has 24 nitrogen and oxygen atoms in total. The van der Waals surface area contributed by atoms with Crippen LogP contribution in [-0.2, 0) is 0 Å². The summed E-state index contributed by atoms with van der Waals surface area (Å²) in [5, 5.41) is 62.2. The van der Waals surface area contributed by atoms with Gasteiger partial charge in [0.15, 0.2) is 24.7 Å². The van der Waals surface area contributed by atoms with Crippen molar-refractivity contribution in [2.24, 2.45) is 47.3 Å². The summed E-state index contributed by atoms with van der Waals surface area (Å²) in [6.45, 7) is 0. The van der Waals surface area contributed by atoms with Crippen LogP contribution in [0.5, 0.6) is 46.0 Å². The van der Waals surface area contributed by atoms with Crippen molar-refractivity contribution in [3.8, 4) is 46.0 Å². The third kappa shape index (κ3) is 15.9. The van der Waals surface area contributed by atoms with Gasteiger partial charge in [-0.2, -0.15) is 0 Å². The van der Waals surface area contributed by atoms with E-state index in [1.54, 1.807) is 56.9 Å². The molecule has 17 rings (SSSR count). The molecule has 4 saturated carbocycles. The highest BCUT2D eigenvalue weighted by Gasteiger charge is 2.69. The second-order valence-electron chi connectivity index (χ2n) is 32.5. The Morgan fingerprint density at radius 3 is 0.458 bits per heavy atom. The van der Waals surface area contributed by atoms with Crippen molar-refractivity contribution in [3.05, 3.63) is 194 Å². The molecule has 16 N–H and O–H groups in total. The van der Waals surface area contributed by atoms with Crippen molar-refractivity contribution in [1.82, 2.24) is 42.5 Å². The van der Waals surface area contributed by atoms with Crippen molar-refractivity contribution < 1.29 is 73.0 Å². The Labute approximate surface area is 691 Å². The quantitative estimate of drug-likeness (QED) is 0.0251. The number of fused-ring (bicyclic) bond motifs is 20. The summed E-state index contributed by atoms with van der Waals surface area (Å²) in [7, 11) is 12.7. The SMILES string of the molecule is COc1cccc(NC2C(Nc3cccc(OC)c3)C(Nc3cccc(OC)c3)C3C4NC(NC5NC(NC6NC(NC7NC(N4)C4C(Nc8cccc(OC)c8)C(Nc8cccc(OC)c8)C(Nc8cccc(OC)c8)C(Nc8cccc(OC)c8)C74)C4C(F)C(F)C(F)C(F)C64)C4C(F)C(F)C(F)C(F)C54)C3C2Nc2cccc(OC)c2)c1. The van der Waals surface area contributed by atoms with Crippen molar-refractivity contribution in [1.29, 1.82) is 0 Å². The first-order chi connectivity index (χ1) is 58.3. The van der Waals surface area contributed by atoms with E-state index in [0.29, 0.717) is 91.5 Å². The molecule has 9 aliphatic rings. The molecule has 32 atom stereocenters. The number of halogens is 8. The van der Waals surface area contributed by atoms with Gasteiger partial charge in [0.1, 0.15) is 70.7 Å². The topological polar surface area (TPSA) is 266 Å². The van der Waals surface area contributed by atoms with Crippen LogP contribution in [0.25, 0.3) is 0 Å². The highest BCUT2D eigenvalue weighted by Crippen LogP contribution is 2.53. The van der Waals surface area contributed by atoms with Crippen molar-refractivity contribution in [2.75, 3.05) is 99.4 Å². The molecule has 5 heterocycles. The molecule has 4 aliphatic carbocycles. The number of benzene rings is 8. The summed E-state index contributed by atoms with van der Waals surface area (Å²) in [4.78, 5) is 0. The van der Waals surface area contributed by atoms with E-state index in [0.717, 1.165) is 0 Å². The normalized spacial score (nSPS) is 36.4. The Bertz CT molecular complexity index is 4550. The van der Waals surface area contributed by atoms with Gasteiger partial charge in [0.05, 0.1) is 155 Å². The number of hydrogen-bond acceptors (Lipinski definition) is 24. The zero-order valence-electron chi connectivity index (χ0n) is 67.2. The van der Waals surface area contributed by atoms with E-state index < -0.39 is 194 Å². The number of anilines is 8. The number of rotatable bonds is 24. The van der Waals surface area contributed by atoms with Gasteiger partial charge in [-0.1, -0.05) is 48.5 Å². The predicted octanol–water partition coefficient (Wildman–Crippen LogP) is 11.0. The van der Waals surface area contributed by atoms with E-state index in [4.69, 9.17) is 37.9 Å². The number of nitrogens with one attached hydrogen (secondary N) is 16. The number of hydrogen-bond donors (Lipinski definition) is 16. The lowest BCUT2D eigenvalue weighted by molar-refractivity contribution is -0.0871. The predicted molar refractivity (Wildman–Crippen MR) is 446 cm³/mol. The zero-order valence-corrected chi connectivity index (χ0v) is 67.2. The minimum absolute atomic E-state index is 0.521. The first kappa shape index (κ1) is 82.0. The standard InChI is InChI=1S/C88H104F8N16O8/c1-113-49-25-9-17-41(33-49)97-73-61-63(75(99-43-19-11-27-51(35-43)115-3)79(103-47-23-15-31-55(39-47)119-7)77(73)101-45-21-13-29-53(37-45)117-5)87-110-85(61)108-83-59-57(65(89)69(93)71(95)67(59)91)81(106-83)105-82-58-60(68(92)72(96)70(94)66(58)90)84(107-82)109-86-62-64(88(111-86)112-87)76(100-44-20-12-28-52(36-44)116-4)80(104-48-24-16-32-56(40-48)120-8)78(102-46-22-14-30-54(38-46)118-6)74(62)98-42-18-10-26-50(34-42)114-2/h9-40,57-88,97-112H,1-8H3. The molecule has 5 aliphatic heterocycles. The number of methoxy groups -OCH3 is 8. The van der Waals surface area contributed by atoms with Crippen molar-refractivity contribution in [2.45, 2.75) is 147 Å². The van der Waals surface area contributed by atoms with Gasteiger partial charge in [-0.15, -0.1) is 0 Å². The fraction of sp³-hybridized carbons (Fsp3) is 0.455. The number of alkyl halides is 8. The van der Waals surface area contributed by atoms with E-state index in [-0.39, 0.29) is 0 Å². The van der Waals surface area contributed by atoms with Crippen LogP contribution < -0.4 is 123 Å². The Morgan fingerprint density at radius 2 is 0.317 bits per heavy atom. The molecule has 8 bridgehead atoms. The molecule has 120 heavy (non-hydrogen) atoms. The van der Waals surface area contributed by atoms with Crippen molar-refractivity contribution in [3.63, 3.8) is 0 Å². The summed E-state index contributed by atoms with van der Waals surface area (Å²) in [5.74, 6) is -5.83. The smallest absolute Gasteiger partial charge is 0.165 e. The molecule has 0 amide bonds. The zero-order chi connectivity index (χ0) is 83.3. The van der Waals surface area contributed by atoms with Crippen LogP contribution in [0.2, 0.25) is 0 Å². The molecule has 9 fully saturated rings. The van der Waals surface area contributed by atoms with E-state index in [1.165, 1.54) is 0 Å². The second kappa shape index (κ2) is 35.0. The van der Waals surface area contributed by atoms with Gasteiger partial charge in [-0.05, 0) is 97.1 Å². The van der Waals surface area contributed by atoms with Gasteiger partial charge < -0.3 is 80.4 Å². The molecule has 8 aromatic carbocycles. The minimum Gasteiger partial charge on any atom is -0.497 e. The third-order valence-electron chi connectivity index (χ3n) is 26.2. The Kier molecular flexibility index (Phi) is 23.9. The van der Waals surface area contributed by atoms with Gasteiger partial charge in [0, 0.05) is 141 Å². The maximum Gasteiger partial charge on any atom is 0.165 e. The second-order valence-corrected chi connectivity index (χ2v) is 32.5. The van der Waals surface area contributed by atoms with Crippen LogP contribution >= 0.6 is 0 Å². The molecular weight excluding hydrogens is 1560 g/mol. The van der Waals surface area contributed by atoms with Crippen LogP contribution in [0.1, 0.15) is 0 Å². The summed E-state index contributed by atoms with van der Waals surface area (Å²) >= 11 is 0. The lowest BCUT2D eigenvalue weighted by atomic mass is 9.66. The van der Waals surface area contributed by atoms with E-state index >= 15 is 35.1 Å². The fourth-order valence-electron chi connectivity index (χ4n) is 21.0. The van der Waals surface area contributed by atoms with Gasteiger partial charge in [0.25, 0.3) is 0 Å². The summed E-state index contributed by atoms with van der Waals surface area (Å²) < 4.78 is 186. The molecule has 32 heteroatoms. The molecule has 5 saturated heterocycles. The van der Waals surface area contributed by atoms with Gasteiger partial charge in [-0.3, -0.25) is 42.5 Å². The van der Waals surface area contributed by atoms with Crippen LogP contribution in [0.15, 0.2) is 194 Å². The lowest BCUT2D eigenvalue weighted by Crippen LogP contribution is -2.72. The highest BCUT2D eigenvalue weighted by molar-refractivity contribution is 5.62. The van der Waals surface area contributed by atoms with Crippen molar-refractivity contribution >= 4 is 45.5 Å². The molecule has 32 unspecified atom stereocenters. The average molecular weight is 1670 g/mol. The molecular formula is C88H104F8N16O8.